The zero-order valence-electron chi connectivity index (χ0n) is 12.7. The summed E-state index contributed by atoms with van der Waals surface area (Å²) in [5.41, 5.74) is 1.11. The smallest absolute Gasteiger partial charge is 0.314 e. The maximum atomic E-state index is 11.4. The van der Waals surface area contributed by atoms with Crippen molar-refractivity contribution in [1.82, 2.24) is 9.97 Å². The number of nitrogens with zero attached hydrogens (tertiary/aromatic N) is 3. The van der Waals surface area contributed by atoms with Gasteiger partial charge in [-0.1, -0.05) is 0 Å². The lowest BCUT2D eigenvalue weighted by Crippen LogP contribution is -2.08. The van der Waals surface area contributed by atoms with Crippen molar-refractivity contribution in [1.29, 1.82) is 0 Å². The highest BCUT2D eigenvalue weighted by Crippen LogP contribution is 2.26. The maximum Gasteiger partial charge on any atom is 0.314 e. The Balaban J connectivity index is 2.02. The second-order valence-electron chi connectivity index (χ2n) is 4.65. The van der Waals surface area contributed by atoms with E-state index in [1.165, 1.54) is 17.5 Å². The number of nitrogens with one attached hydrogen (secondary N) is 1. The van der Waals surface area contributed by atoms with Gasteiger partial charge in [0.1, 0.15) is 5.01 Å². The Morgan fingerprint density at radius 2 is 2.30 bits per heavy atom. The van der Waals surface area contributed by atoms with Crippen molar-refractivity contribution in [3.8, 4) is 0 Å². The number of aromatic nitrogens is 2. The Morgan fingerprint density at radius 1 is 1.52 bits per heavy atom. The van der Waals surface area contributed by atoms with Crippen molar-refractivity contribution in [2.24, 2.45) is 0 Å². The molecule has 0 aliphatic rings. The number of ether oxygens (including phenoxy) is 1. The van der Waals surface area contributed by atoms with Crippen molar-refractivity contribution < 1.29 is 14.5 Å². The van der Waals surface area contributed by atoms with Crippen LogP contribution in [0, 0.1) is 17.0 Å². The first kappa shape index (κ1) is 16.8. The summed E-state index contributed by atoms with van der Waals surface area (Å²) in [4.78, 5) is 30.3. The average molecular weight is 336 g/mol. The molecular weight excluding hydrogens is 320 g/mol. The van der Waals surface area contributed by atoms with Gasteiger partial charge in [-0.05, 0) is 19.9 Å². The molecule has 1 N–H and O–H groups in total. The van der Waals surface area contributed by atoms with E-state index < -0.39 is 4.92 Å². The fourth-order valence-corrected chi connectivity index (χ4v) is 2.67. The van der Waals surface area contributed by atoms with Crippen LogP contribution in [0.4, 0.5) is 11.5 Å². The van der Waals surface area contributed by atoms with E-state index >= 15 is 0 Å². The predicted octanol–water partition coefficient (Wildman–Crippen LogP) is 2.47. The molecule has 0 aromatic carbocycles. The lowest BCUT2D eigenvalue weighted by molar-refractivity contribution is -0.384. The van der Waals surface area contributed by atoms with E-state index in [1.807, 2.05) is 0 Å². The van der Waals surface area contributed by atoms with Crippen molar-refractivity contribution in [3.05, 3.63) is 44.0 Å². The molecule has 0 fully saturated rings. The highest BCUT2D eigenvalue weighted by molar-refractivity contribution is 7.09. The molecule has 2 aromatic rings. The van der Waals surface area contributed by atoms with Gasteiger partial charge in [-0.25, -0.2) is 9.97 Å². The first-order chi connectivity index (χ1) is 11.0. The summed E-state index contributed by atoms with van der Waals surface area (Å²) in [7, 11) is 0. The van der Waals surface area contributed by atoms with Gasteiger partial charge in [0.05, 0.1) is 30.2 Å². The van der Waals surface area contributed by atoms with E-state index in [2.05, 4.69) is 15.3 Å². The van der Waals surface area contributed by atoms with Crippen LogP contribution in [0.1, 0.15) is 23.2 Å². The lowest BCUT2D eigenvalue weighted by atomic mass is 10.2. The Labute approximate surface area is 136 Å². The molecule has 8 nitrogen and oxygen atoms in total. The van der Waals surface area contributed by atoms with Gasteiger partial charge in [-0.3, -0.25) is 14.9 Å². The van der Waals surface area contributed by atoms with Crippen molar-refractivity contribution in [2.75, 3.05) is 11.9 Å². The Bertz CT molecular complexity index is 717. The molecule has 0 radical (unpaired) electrons. The highest BCUT2D eigenvalue weighted by Gasteiger charge is 2.18. The molecule has 0 aliphatic heterocycles. The number of hydrogen-bond donors (Lipinski definition) is 1. The van der Waals surface area contributed by atoms with E-state index in [-0.39, 0.29) is 23.9 Å². The molecule has 23 heavy (non-hydrogen) atoms. The van der Waals surface area contributed by atoms with Crippen LogP contribution >= 0.6 is 11.3 Å². The predicted molar refractivity (Wildman–Crippen MR) is 85.4 cm³/mol. The van der Waals surface area contributed by atoms with Gasteiger partial charge >= 0.3 is 11.7 Å². The molecule has 0 saturated heterocycles. The Hall–Kier alpha value is -2.55. The number of esters is 1. The average Bonchev–Trinajstić information content (AvgIpc) is 2.92. The zero-order valence-corrected chi connectivity index (χ0v) is 13.6. The molecule has 2 aromatic heterocycles. The van der Waals surface area contributed by atoms with Crippen molar-refractivity contribution in [2.45, 2.75) is 26.8 Å². The molecule has 2 rings (SSSR count). The molecule has 2 heterocycles. The van der Waals surface area contributed by atoms with E-state index in [0.717, 1.165) is 0 Å². The molecular formula is C14H16N4O4S. The van der Waals surface area contributed by atoms with E-state index in [1.54, 1.807) is 25.3 Å². The van der Waals surface area contributed by atoms with E-state index in [0.29, 0.717) is 29.4 Å². The summed E-state index contributed by atoms with van der Waals surface area (Å²) in [6, 6.07) is 1.59. The quantitative estimate of drug-likeness (QED) is 0.470. The Kier molecular flexibility index (Phi) is 5.58. The van der Waals surface area contributed by atoms with Crippen molar-refractivity contribution in [3.63, 3.8) is 0 Å². The van der Waals surface area contributed by atoms with Gasteiger partial charge in [0.15, 0.2) is 0 Å². The van der Waals surface area contributed by atoms with Crippen LogP contribution < -0.4 is 5.32 Å². The summed E-state index contributed by atoms with van der Waals surface area (Å²) in [6.45, 7) is 4.03. The SMILES string of the molecule is CCOC(=O)Cc1csc(CNc2nccc(C)c2[N+](=O)[O-])n1. The normalized spacial score (nSPS) is 10.3. The van der Waals surface area contributed by atoms with Crippen LogP contribution in [0.25, 0.3) is 0 Å². The van der Waals surface area contributed by atoms with Crippen LogP contribution in [0.5, 0.6) is 0 Å². The number of hydrogen-bond acceptors (Lipinski definition) is 8. The number of carbonyl (C=O) groups is 1. The van der Waals surface area contributed by atoms with Gasteiger partial charge in [0.25, 0.3) is 0 Å². The molecule has 122 valence electrons. The van der Waals surface area contributed by atoms with Crippen LogP contribution in [-0.2, 0) is 22.5 Å². The number of aryl methyl sites for hydroxylation is 1. The molecule has 0 spiro atoms. The van der Waals surface area contributed by atoms with Gasteiger partial charge in [-0.15, -0.1) is 11.3 Å². The first-order valence-electron chi connectivity index (χ1n) is 6.94. The van der Waals surface area contributed by atoms with Crippen LogP contribution in [-0.4, -0.2) is 27.5 Å². The third-order valence-corrected chi connectivity index (χ3v) is 3.84. The van der Waals surface area contributed by atoms with Crippen LogP contribution in [0.2, 0.25) is 0 Å². The highest BCUT2D eigenvalue weighted by atomic mass is 32.1. The molecule has 0 bridgehead atoms. The Morgan fingerprint density at radius 3 is 3.00 bits per heavy atom. The third kappa shape index (κ3) is 4.46. The molecule has 0 atom stereocenters. The number of anilines is 1. The summed E-state index contributed by atoms with van der Waals surface area (Å²) < 4.78 is 4.86. The maximum absolute atomic E-state index is 11.4. The minimum atomic E-state index is -0.460. The number of rotatable bonds is 7. The minimum absolute atomic E-state index is 0.0456. The lowest BCUT2D eigenvalue weighted by Gasteiger charge is -2.05. The topological polar surface area (TPSA) is 107 Å². The zero-order chi connectivity index (χ0) is 16.8. The number of pyridine rings is 1. The van der Waals surface area contributed by atoms with E-state index in [4.69, 9.17) is 4.74 Å². The van der Waals surface area contributed by atoms with Crippen LogP contribution in [0.3, 0.4) is 0 Å². The number of thiazole rings is 1. The fraction of sp³-hybridized carbons (Fsp3) is 0.357. The summed E-state index contributed by atoms with van der Waals surface area (Å²) in [5, 5.41) is 16.5. The number of nitro groups is 1. The van der Waals surface area contributed by atoms with Gasteiger partial charge in [0, 0.05) is 17.1 Å². The molecule has 0 unspecified atom stereocenters. The third-order valence-electron chi connectivity index (χ3n) is 2.95. The second-order valence-corrected chi connectivity index (χ2v) is 5.59. The first-order valence-corrected chi connectivity index (χ1v) is 7.82. The minimum Gasteiger partial charge on any atom is -0.466 e. The fourth-order valence-electron chi connectivity index (χ4n) is 1.94. The van der Waals surface area contributed by atoms with Gasteiger partial charge in [0.2, 0.25) is 5.82 Å². The largest absolute Gasteiger partial charge is 0.466 e. The van der Waals surface area contributed by atoms with Gasteiger partial charge < -0.3 is 10.1 Å². The second kappa shape index (κ2) is 7.63. The summed E-state index contributed by atoms with van der Waals surface area (Å²) in [5.74, 6) is -0.120. The summed E-state index contributed by atoms with van der Waals surface area (Å²) in [6.07, 6.45) is 1.63. The molecule has 0 aliphatic carbocycles. The van der Waals surface area contributed by atoms with Crippen molar-refractivity contribution >= 4 is 28.8 Å². The molecule has 0 amide bonds. The van der Waals surface area contributed by atoms with E-state index in [9.17, 15) is 14.9 Å². The molecule has 9 heteroatoms. The summed E-state index contributed by atoms with van der Waals surface area (Å²) >= 11 is 1.37. The standard InChI is InChI=1S/C14H16N4O4S/c1-3-22-12(19)6-10-8-23-11(17-10)7-16-14-13(18(20)21)9(2)4-5-15-14/h4-5,8H,3,6-7H2,1-2H3,(H,15,16). The molecule has 0 saturated carbocycles. The van der Waals surface area contributed by atoms with Crippen LogP contribution in [0.15, 0.2) is 17.6 Å². The monoisotopic (exact) mass is 336 g/mol. The van der Waals surface area contributed by atoms with Gasteiger partial charge in [-0.2, -0.15) is 0 Å². The number of carbonyl (C=O) groups excluding carboxylic acids is 1.